The number of nitrogens with one attached hydrogen (secondary N) is 1. The van der Waals surface area contributed by atoms with Crippen LogP contribution in [-0.4, -0.2) is 18.2 Å². The number of aryl methyl sites for hydroxylation is 1. The molecule has 5 heteroatoms. The van der Waals surface area contributed by atoms with Crippen LogP contribution in [0.15, 0.2) is 45.9 Å². The summed E-state index contributed by atoms with van der Waals surface area (Å²) in [7, 11) is 0. The van der Waals surface area contributed by atoms with Gasteiger partial charge in [0.1, 0.15) is 17.3 Å². The lowest BCUT2D eigenvalue weighted by molar-refractivity contribution is 0.0955. The maximum absolute atomic E-state index is 12.0. The summed E-state index contributed by atoms with van der Waals surface area (Å²) in [6.07, 6.45) is 6.49. The van der Waals surface area contributed by atoms with Gasteiger partial charge in [0.25, 0.3) is 5.91 Å². The van der Waals surface area contributed by atoms with Gasteiger partial charge in [-0.3, -0.25) is 4.79 Å². The summed E-state index contributed by atoms with van der Waals surface area (Å²) in [6.45, 7) is 1.85. The predicted octanol–water partition coefficient (Wildman–Crippen LogP) is 3.67. The van der Waals surface area contributed by atoms with E-state index in [-0.39, 0.29) is 5.91 Å². The summed E-state index contributed by atoms with van der Waals surface area (Å²) in [5.74, 6) is 1.94. The van der Waals surface area contributed by atoms with Crippen LogP contribution in [0, 0.1) is 6.92 Å². The van der Waals surface area contributed by atoms with Gasteiger partial charge in [-0.05, 0) is 69.0 Å². The standard InChI is InChI=1S/C18H20N2O3/c1-13-6-9-17(22-13)12-19-20-18(21)14-7-10-16(11-8-14)23-15-4-2-3-5-15/h6-12,15H,2-5H2,1H3,(H,20,21)/b19-12+. The summed E-state index contributed by atoms with van der Waals surface area (Å²) >= 11 is 0. The molecule has 0 spiro atoms. The summed E-state index contributed by atoms with van der Waals surface area (Å²) in [5, 5.41) is 3.89. The molecule has 3 rings (SSSR count). The Morgan fingerprint density at radius 3 is 2.61 bits per heavy atom. The first-order chi connectivity index (χ1) is 11.2. The molecule has 1 amide bonds. The second-order valence-corrected chi connectivity index (χ2v) is 5.70. The zero-order valence-corrected chi connectivity index (χ0v) is 13.1. The van der Waals surface area contributed by atoms with Crippen molar-refractivity contribution in [3.05, 3.63) is 53.5 Å². The molecular formula is C18H20N2O3. The largest absolute Gasteiger partial charge is 0.490 e. The third-order valence-corrected chi connectivity index (χ3v) is 3.84. The number of carbonyl (C=O) groups excluding carboxylic acids is 1. The van der Waals surface area contributed by atoms with E-state index < -0.39 is 0 Å². The van der Waals surface area contributed by atoms with E-state index >= 15 is 0 Å². The summed E-state index contributed by atoms with van der Waals surface area (Å²) in [6, 6.07) is 10.8. The number of nitrogens with zero attached hydrogens (tertiary/aromatic N) is 1. The molecule has 0 unspecified atom stereocenters. The first-order valence-electron chi connectivity index (χ1n) is 7.87. The van der Waals surface area contributed by atoms with Gasteiger partial charge in [0.2, 0.25) is 0 Å². The highest BCUT2D eigenvalue weighted by atomic mass is 16.5. The number of ether oxygens (including phenoxy) is 1. The molecule has 1 aliphatic rings. The molecule has 0 aliphatic heterocycles. The van der Waals surface area contributed by atoms with Gasteiger partial charge in [0, 0.05) is 5.56 Å². The third-order valence-electron chi connectivity index (χ3n) is 3.84. The van der Waals surface area contributed by atoms with Gasteiger partial charge in [-0.15, -0.1) is 0 Å². The van der Waals surface area contributed by atoms with E-state index in [1.165, 1.54) is 19.1 Å². The van der Waals surface area contributed by atoms with E-state index in [0.29, 0.717) is 17.4 Å². The van der Waals surface area contributed by atoms with Crippen molar-refractivity contribution in [3.63, 3.8) is 0 Å². The van der Waals surface area contributed by atoms with Crippen LogP contribution < -0.4 is 10.2 Å². The van der Waals surface area contributed by atoms with Crippen molar-refractivity contribution in [1.82, 2.24) is 5.43 Å². The molecule has 1 N–H and O–H groups in total. The Morgan fingerprint density at radius 1 is 1.22 bits per heavy atom. The minimum absolute atomic E-state index is 0.267. The van der Waals surface area contributed by atoms with Gasteiger partial charge in [-0.2, -0.15) is 5.10 Å². The van der Waals surface area contributed by atoms with Gasteiger partial charge in [-0.1, -0.05) is 0 Å². The molecule has 0 atom stereocenters. The molecule has 0 bridgehead atoms. The van der Waals surface area contributed by atoms with Gasteiger partial charge >= 0.3 is 0 Å². The minimum Gasteiger partial charge on any atom is -0.490 e. The molecule has 1 fully saturated rings. The molecule has 1 heterocycles. The minimum atomic E-state index is -0.267. The number of amides is 1. The van der Waals surface area contributed by atoms with Gasteiger partial charge in [0.15, 0.2) is 0 Å². The molecule has 0 radical (unpaired) electrons. The maximum atomic E-state index is 12.0. The van der Waals surface area contributed by atoms with E-state index in [2.05, 4.69) is 10.5 Å². The molecule has 1 aromatic heterocycles. The first-order valence-corrected chi connectivity index (χ1v) is 7.87. The van der Waals surface area contributed by atoms with E-state index in [0.717, 1.165) is 24.4 Å². The van der Waals surface area contributed by atoms with Crippen LogP contribution in [0.1, 0.15) is 47.6 Å². The molecule has 23 heavy (non-hydrogen) atoms. The Bertz CT molecular complexity index is 683. The first kappa shape index (κ1) is 15.3. The van der Waals surface area contributed by atoms with Gasteiger partial charge < -0.3 is 9.15 Å². The smallest absolute Gasteiger partial charge is 0.271 e. The van der Waals surface area contributed by atoms with Crippen LogP contribution >= 0.6 is 0 Å². The second kappa shape index (κ2) is 7.13. The van der Waals surface area contributed by atoms with Crippen molar-refractivity contribution in [2.45, 2.75) is 38.7 Å². The third kappa shape index (κ3) is 4.22. The molecule has 1 saturated carbocycles. The molecule has 5 nitrogen and oxygen atoms in total. The Morgan fingerprint density at radius 2 is 1.96 bits per heavy atom. The van der Waals surface area contributed by atoms with Crippen LogP contribution in [0.3, 0.4) is 0 Å². The monoisotopic (exact) mass is 312 g/mol. The van der Waals surface area contributed by atoms with Crippen molar-refractivity contribution in [2.75, 3.05) is 0 Å². The van der Waals surface area contributed by atoms with Crippen LogP contribution in [-0.2, 0) is 0 Å². The number of rotatable bonds is 5. The summed E-state index contributed by atoms with van der Waals surface area (Å²) < 4.78 is 11.2. The fraction of sp³-hybridized carbons (Fsp3) is 0.333. The van der Waals surface area contributed by atoms with Crippen molar-refractivity contribution < 1.29 is 13.9 Å². The lowest BCUT2D eigenvalue weighted by Gasteiger charge is -2.12. The van der Waals surface area contributed by atoms with Crippen LogP contribution in [0.25, 0.3) is 0 Å². The molecule has 2 aromatic rings. The Labute approximate surface area is 135 Å². The fourth-order valence-electron chi connectivity index (χ4n) is 2.63. The van der Waals surface area contributed by atoms with Crippen LogP contribution in [0.2, 0.25) is 0 Å². The van der Waals surface area contributed by atoms with Crippen LogP contribution in [0.4, 0.5) is 0 Å². The Hall–Kier alpha value is -2.56. The van der Waals surface area contributed by atoms with Crippen molar-refractivity contribution in [3.8, 4) is 5.75 Å². The highest BCUT2D eigenvalue weighted by Crippen LogP contribution is 2.24. The average Bonchev–Trinajstić information content (AvgIpc) is 3.20. The van der Waals surface area contributed by atoms with E-state index in [1.54, 1.807) is 18.2 Å². The topological polar surface area (TPSA) is 63.8 Å². The maximum Gasteiger partial charge on any atom is 0.271 e. The fourth-order valence-corrected chi connectivity index (χ4v) is 2.63. The van der Waals surface area contributed by atoms with Crippen LogP contribution in [0.5, 0.6) is 5.75 Å². The Kier molecular flexibility index (Phi) is 4.76. The Balaban J connectivity index is 1.53. The lowest BCUT2D eigenvalue weighted by atomic mass is 10.2. The van der Waals surface area contributed by atoms with Crippen molar-refractivity contribution in [1.29, 1.82) is 0 Å². The van der Waals surface area contributed by atoms with E-state index in [9.17, 15) is 4.79 Å². The number of hydrazone groups is 1. The zero-order valence-electron chi connectivity index (χ0n) is 13.1. The number of carbonyl (C=O) groups is 1. The summed E-state index contributed by atoms with van der Waals surface area (Å²) in [4.78, 5) is 12.0. The van der Waals surface area contributed by atoms with E-state index in [1.807, 2.05) is 25.1 Å². The lowest BCUT2D eigenvalue weighted by Crippen LogP contribution is -2.17. The zero-order chi connectivity index (χ0) is 16.1. The van der Waals surface area contributed by atoms with E-state index in [4.69, 9.17) is 9.15 Å². The van der Waals surface area contributed by atoms with Gasteiger partial charge in [0.05, 0.1) is 12.3 Å². The number of hydrogen-bond donors (Lipinski definition) is 1. The quantitative estimate of drug-likeness (QED) is 0.676. The van der Waals surface area contributed by atoms with Crippen molar-refractivity contribution >= 4 is 12.1 Å². The average molecular weight is 312 g/mol. The van der Waals surface area contributed by atoms with Crippen molar-refractivity contribution in [2.24, 2.45) is 5.10 Å². The summed E-state index contributed by atoms with van der Waals surface area (Å²) in [5.41, 5.74) is 3.02. The normalized spacial score (nSPS) is 15.2. The molecule has 120 valence electrons. The van der Waals surface area contributed by atoms with Gasteiger partial charge in [-0.25, -0.2) is 5.43 Å². The number of benzene rings is 1. The predicted molar refractivity (Wildman–Crippen MR) is 87.8 cm³/mol. The molecule has 0 saturated heterocycles. The second-order valence-electron chi connectivity index (χ2n) is 5.70. The molecule has 1 aliphatic carbocycles. The highest BCUT2D eigenvalue weighted by molar-refractivity contribution is 5.94. The number of hydrogen-bond acceptors (Lipinski definition) is 4. The molecule has 1 aromatic carbocycles. The molecular weight excluding hydrogens is 292 g/mol. The highest BCUT2D eigenvalue weighted by Gasteiger charge is 2.16. The SMILES string of the molecule is Cc1ccc(/C=N/NC(=O)c2ccc(OC3CCCC3)cc2)o1. The number of furan rings is 1.